The molecule has 1 saturated carbocycles. The molecule has 0 spiro atoms. The minimum absolute atomic E-state index is 0.181. The first-order valence-corrected chi connectivity index (χ1v) is 7.57. The molecule has 1 aliphatic carbocycles. The molecule has 0 bridgehead atoms. The van der Waals surface area contributed by atoms with Crippen molar-refractivity contribution in [3.63, 3.8) is 0 Å². The van der Waals surface area contributed by atoms with Gasteiger partial charge in [0, 0.05) is 5.56 Å². The molecule has 0 amide bonds. The van der Waals surface area contributed by atoms with Crippen LogP contribution in [-0.4, -0.2) is 7.11 Å². The number of hydrogen-bond donors (Lipinski definition) is 2. The molecule has 1 aromatic rings. The SMILES string of the molecule is COc1ccc(C)cc1C(NN)C1CCC(C)(C)CC1. The van der Waals surface area contributed by atoms with Crippen LogP contribution in [0.1, 0.15) is 56.7 Å². The van der Waals surface area contributed by atoms with E-state index in [1.54, 1.807) is 7.11 Å². The van der Waals surface area contributed by atoms with Crippen molar-refractivity contribution in [3.8, 4) is 5.75 Å². The molecule has 1 aromatic carbocycles. The maximum atomic E-state index is 5.87. The molecule has 20 heavy (non-hydrogen) atoms. The summed E-state index contributed by atoms with van der Waals surface area (Å²) in [6, 6.07) is 6.51. The summed E-state index contributed by atoms with van der Waals surface area (Å²) in [5, 5.41) is 0. The van der Waals surface area contributed by atoms with Gasteiger partial charge in [-0.25, -0.2) is 0 Å². The topological polar surface area (TPSA) is 47.3 Å². The van der Waals surface area contributed by atoms with Crippen molar-refractivity contribution < 1.29 is 4.74 Å². The molecule has 3 heteroatoms. The van der Waals surface area contributed by atoms with Gasteiger partial charge in [0.15, 0.2) is 0 Å². The smallest absolute Gasteiger partial charge is 0.123 e. The average molecular weight is 276 g/mol. The van der Waals surface area contributed by atoms with Gasteiger partial charge in [-0.2, -0.15) is 0 Å². The monoisotopic (exact) mass is 276 g/mol. The summed E-state index contributed by atoms with van der Waals surface area (Å²) in [5.74, 6) is 7.39. The summed E-state index contributed by atoms with van der Waals surface area (Å²) >= 11 is 0. The summed E-state index contributed by atoms with van der Waals surface area (Å²) in [6.45, 7) is 6.84. The van der Waals surface area contributed by atoms with E-state index in [1.807, 2.05) is 6.07 Å². The van der Waals surface area contributed by atoms with Crippen molar-refractivity contribution in [1.29, 1.82) is 0 Å². The second kappa shape index (κ2) is 6.15. The van der Waals surface area contributed by atoms with Crippen molar-refractivity contribution in [1.82, 2.24) is 5.43 Å². The molecule has 0 heterocycles. The van der Waals surface area contributed by atoms with Gasteiger partial charge in [0.1, 0.15) is 5.75 Å². The van der Waals surface area contributed by atoms with Crippen LogP contribution in [0.4, 0.5) is 0 Å². The number of methoxy groups -OCH3 is 1. The van der Waals surface area contributed by atoms with Gasteiger partial charge < -0.3 is 4.74 Å². The van der Waals surface area contributed by atoms with Crippen molar-refractivity contribution >= 4 is 0 Å². The number of nitrogens with one attached hydrogen (secondary N) is 1. The molecule has 1 aliphatic rings. The van der Waals surface area contributed by atoms with E-state index >= 15 is 0 Å². The number of aryl methyl sites for hydroxylation is 1. The van der Waals surface area contributed by atoms with E-state index in [-0.39, 0.29) is 6.04 Å². The van der Waals surface area contributed by atoms with Gasteiger partial charge in [0.2, 0.25) is 0 Å². The molecule has 0 aromatic heterocycles. The normalized spacial score (nSPS) is 20.6. The minimum Gasteiger partial charge on any atom is -0.496 e. The van der Waals surface area contributed by atoms with Crippen LogP contribution in [0.2, 0.25) is 0 Å². The first-order chi connectivity index (χ1) is 9.46. The molecule has 0 saturated heterocycles. The summed E-state index contributed by atoms with van der Waals surface area (Å²) in [6.07, 6.45) is 4.98. The fourth-order valence-electron chi connectivity index (χ4n) is 3.33. The third-order valence-electron chi connectivity index (χ3n) is 4.76. The summed E-state index contributed by atoms with van der Waals surface area (Å²) in [7, 11) is 1.73. The molecular weight excluding hydrogens is 248 g/mol. The Kier molecular flexibility index (Phi) is 4.71. The van der Waals surface area contributed by atoms with Crippen LogP contribution in [0.5, 0.6) is 5.75 Å². The molecule has 2 rings (SSSR count). The van der Waals surface area contributed by atoms with Crippen molar-refractivity contribution in [2.45, 2.75) is 52.5 Å². The van der Waals surface area contributed by atoms with Gasteiger partial charge in [-0.05, 0) is 50.0 Å². The Morgan fingerprint density at radius 1 is 1.30 bits per heavy atom. The van der Waals surface area contributed by atoms with Crippen molar-refractivity contribution in [3.05, 3.63) is 29.3 Å². The molecule has 0 radical (unpaired) electrons. The van der Waals surface area contributed by atoms with Gasteiger partial charge in [0.25, 0.3) is 0 Å². The van der Waals surface area contributed by atoms with E-state index in [0.29, 0.717) is 11.3 Å². The molecule has 1 fully saturated rings. The van der Waals surface area contributed by atoms with E-state index in [9.17, 15) is 0 Å². The van der Waals surface area contributed by atoms with Crippen molar-refractivity contribution in [2.24, 2.45) is 17.2 Å². The Morgan fingerprint density at radius 3 is 2.50 bits per heavy atom. The maximum absolute atomic E-state index is 5.87. The Balaban J connectivity index is 2.22. The van der Waals surface area contributed by atoms with Gasteiger partial charge in [-0.15, -0.1) is 0 Å². The van der Waals surface area contributed by atoms with Crippen LogP contribution in [0, 0.1) is 18.3 Å². The van der Waals surface area contributed by atoms with E-state index in [0.717, 1.165) is 5.75 Å². The Labute approximate surface area is 122 Å². The van der Waals surface area contributed by atoms with E-state index in [1.165, 1.54) is 36.8 Å². The van der Waals surface area contributed by atoms with Crippen molar-refractivity contribution in [2.75, 3.05) is 7.11 Å². The fraction of sp³-hybridized carbons (Fsp3) is 0.647. The predicted octanol–water partition coefficient (Wildman–Crippen LogP) is 3.72. The summed E-state index contributed by atoms with van der Waals surface area (Å²) < 4.78 is 5.52. The Hall–Kier alpha value is -1.06. The van der Waals surface area contributed by atoms with E-state index < -0.39 is 0 Å². The fourth-order valence-corrected chi connectivity index (χ4v) is 3.33. The molecule has 112 valence electrons. The van der Waals surface area contributed by atoms with Crippen LogP contribution >= 0.6 is 0 Å². The number of benzene rings is 1. The molecule has 1 unspecified atom stereocenters. The number of ether oxygens (including phenoxy) is 1. The predicted molar refractivity (Wildman–Crippen MR) is 83.5 cm³/mol. The third-order valence-corrected chi connectivity index (χ3v) is 4.76. The van der Waals surface area contributed by atoms with Crippen LogP contribution < -0.4 is 16.0 Å². The van der Waals surface area contributed by atoms with Crippen LogP contribution in [0.3, 0.4) is 0 Å². The second-order valence-corrected chi connectivity index (χ2v) is 6.89. The highest BCUT2D eigenvalue weighted by Gasteiger charge is 2.32. The van der Waals surface area contributed by atoms with Crippen LogP contribution in [0.25, 0.3) is 0 Å². The first-order valence-electron chi connectivity index (χ1n) is 7.57. The highest BCUT2D eigenvalue weighted by atomic mass is 16.5. The highest BCUT2D eigenvalue weighted by molar-refractivity contribution is 5.39. The molecule has 3 N–H and O–H groups in total. The van der Waals surface area contributed by atoms with Gasteiger partial charge in [-0.3, -0.25) is 11.3 Å². The largest absolute Gasteiger partial charge is 0.496 e. The lowest BCUT2D eigenvalue weighted by Crippen LogP contribution is -2.36. The van der Waals surface area contributed by atoms with E-state index in [4.69, 9.17) is 10.6 Å². The quantitative estimate of drug-likeness (QED) is 0.651. The van der Waals surface area contributed by atoms with Gasteiger partial charge in [0.05, 0.1) is 13.2 Å². The molecule has 1 atom stereocenters. The zero-order valence-electron chi connectivity index (χ0n) is 13.2. The lowest BCUT2D eigenvalue weighted by atomic mass is 9.70. The van der Waals surface area contributed by atoms with Crippen LogP contribution in [-0.2, 0) is 0 Å². The van der Waals surface area contributed by atoms with E-state index in [2.05, 4.69) is 38.3 Å². The maximum Gasteiger partial charge on any atom is 0.123 e. The number of hydrazine groups is 1. The minimum atomic E-state index is 0.181. The lowest BCUT2D eigenvalue weighted by molar-refractivity contribution is 0.160. The highest BCUT2D eigenvalue weighted by Crippen LogP contribution is 2.44. The Bertz CT molecular complexity index is 446. The molecular formula is C17H28N2O. The van der Waals surface area contributed by atoms with Crippen LogP contribution in [0.15, 0.2) is 18.2 Å². The summed E-state index contributed by atoms with van der Waals surface area (Å²) in [4.78, 5) is 0. The third kappa shape index (κ3) is 3.33. The lowest BCUT2D eigenvalue weighted by Gasteiger charge is -2.38. The van der Waals surface area contributed by atoms with Gasteiger partial charge in [-0.1, -0.05) is 31.5 Å². The molecule has 3 nitrogen and oxygen atoms in total. The van der Waals surface area contributed by atoms with Gasteiger partial charge >= 0.3 is 0 Å². The zero-order valence-corrected chi connectivity index (χ0v) is 13.2. The number of nitrogens with two attached hydrogens (primary N) is 1. The average Bonchev–Trinajstić information content (AvgIpc) is 2.41. The first kappa shape index (κ1) is 15.3. The summed E-state index contributed by atoms with van der Waals surface area (Å²) in [5.41, 5.74) is 5.96. The zero-order chi connectivity index (χ0) is 14.8. The Morgan fingerprint density at radius 2 is 1.95 bits per heavy atom. The number of rotatable bonds is 4. The molecule has 0 aliphatic heterocycles. The standard InChI is InChI=1S/C17H28N2O/c1-12-5-6-15(20-4)14(11-12)16(19-18)13-7-9-17(2,3)10-8-13/h5-6,11,13,16,19H,7-10,18H2,1-4H3. The number of hydrogen-bond acceptors (Lipinski definition) is 3. The second-order valence-electron chi connectivity index (χ2n) is 6.89.